The molecule has 0 N–H and O–H groups in total. The van der Waals surface area contributed by atoms with E-state index in [1.54, 1.807) is 6.21 Å². The molecule has 1 fully saturated rings. The Bertz CT molecular complexity index is 610. The fraction of sp³-hybridized carbons (Fsp3) is 0.688. The minimum Gasteiger partial charge on any atom is -0.290 e. The average molecular weight is 311 g/mol. The Balaban J connectivity index is 2.17. The fourth-order valence-corrected chi connectivity index (χ4v) is 3.02. The van der Waals surface area contributed by atoms with Crippen LogP contribution in [-0.4, -0.2) is 16.2 Å². The van der Waals surface area contributed by atoms with E-state index in [0.29, 0.717) is 11.5 Å². The van der Waals surface area contributed by atoms with Crippen LogP contribution in [0.1, 0.15) is 74.6 Å². The topological polar surface area (TPSA) is 38.1 Å². The molecule has 6 heteroatoms. The number of aromatic nitrogens is 2. The van der Waals surface area contributed by atoms with Gasteiger partial charge in [-0.15, -0.1) is 0 Å². The van der Waals surface area contributed by atoms with Crippen LogP contribution in [0, 0.1) is 5.41 Å². The van der Waals surface area contributed by atoms with Crippen LogP contribution in [0.25, 0.3) is 0 Å². The molecular formula is C16H20F3N3. The normalized spacial score (nSPS) is 22.4. The summed E-state index contributed by atoms with van der Waals surface area (Å²) in [4.78, 5) is 12.6. The highest BCUT2D eigenvalue weighted by Crippen LogP contribution is 2.44. The Morgan fingerprint density at radius 3 is 2.27 bits per heavy atom. The molecule has 3 nitrogen and oxygen atoms in total. The largest absolute Gasteiger partial charge is 0.433 e. The highest BCUT2D eigenvalue weighted by Gasteiger charge is 2.43. The lowest BCUT2D eigenvalue weighted by Crippen LogP contribution is -2.30. The zero-order chi connectivity index (χ0) is 16.1. The van der Waals surface area contributed by atoms with Gasteiger partial charge in [-0.05, 0) is 18.3 Å². The van der Waals surface area contributed by atoms with Crippen LogP contribution in [0.2, 0.25) is 0 Å². The van der Waals surface area contributed by atoms with Gasteiger partial charge < -0.3 is 0 Å². The van der Waals surface area contributed by atoms with E-state index in [9.17, 15) is 13.2 Å². The lowest BCUT2D eigenvalue weighted by Gasteiger charge is -2.34. The van der Waals surface area contributed by atoms with Crippen LogP contribution in [0.5, 0.6) is 0 Å². The van der Waals surface area contributed by atoms with Gasteiger partial charge in [-0.25, -0.2) is 9.97 Å². The molecule has 0 bridgehead atoms. The van der Waals surface area contributed by atoms with Crippen molar-refractivity contribution in [3.8, 4) is 0 Å². The number of hydrogen-bond acceptors (Lipinski definition) is 3. The molecule has 1 aliphatic heterocycles. The van der Waals surface area contributed by atoms with Crippen LogP contribution in [-0.2, 0) is 12.7 Å². The molecule has 2 heterocycles. The van der Waals surface area contributed by atoms with Crippen molar-refractivity contribution in [2.24, 2.45) is 10.4 Å². The van der Waals surface area contributed by atoms with Crippen LogP contribution in [0.3, 0.4) is 0 Å². The van der Waals surface area contributed by atoms with Gasteiger partial charge in [-0.3, -0.25) is 4.99 Å². The molecule has 1 atom stereocenters. The molecule has 0 amide bonds. The third-order valence-corrected chi connectivity index (χ3v) is 4.52. The number of rotatable bonds is 1. The second kappa shape index (κ2) is 5.03. The van der Waals surface area contributed by atoms with Gasteiger partial charge in [0.1, 0.15) is 5.82 Å². The first-order valence-electron chi connectivity index (χ1n) is 7.66. The fourth-order valence-electron chi connectivity index (χ4n) is 3.02. The maximum Gasteiger partial charge on any atom is 0.433 e. The number of alkyl halides is 3. The highest BCUT2D eigenvalue weighted by atomic mass is 19.4. The van der Waals surface area contributed by atoms with E-state index < -0.39 is 17.8 Å². The second-order valence-electron chi connectivity index (χ2n) is 7.25. The van der Waals surface area contributed by atoms with Gasteiger partial charge in [0, 0.05) is 23.6 Å². The van der Waals surface area contributed by atoms with E-state index in [1.165, 1.54) is 0 Å². The summed E-state index contributed by atoms with van der Waals surface area (Å²) in [7, 11) is 0. The van der Waals surface area contributed by atoms with Gasteiger partial charge in [0.2, 0.25) is 0 Å². The first kappa shape index (κ1) is 15.4. The lowest BCUT2D eigenvalue weighted by atomic mass is 9.74. The van der Waals surface area contributed by atoms with Gasteiger partial charge in [0.25, 0.3) is 0 Å². The molecule has 3 rings (SSSR count). The van der Waals surface area contributed by atoms with Crippen LogP contribution in [0.4, 0.5) is 13.2 Å². The van der Waals surface area contributed by atoms with Gasteiger partial charge in [0.15, 0.2) is 5.69 Å². The van der Waals surface area contributed by atoms with Crippen molar-refractivity contribution in [1.82, 2.24) is 9.97 Å². The van der Waals surface area contributed by atoms with Crippen molar-refractivity contribution in [2.45, 2.75) is 64.6 Å². The second-order valence-corrected chi connectivity index (χ2v) is 7.25. The maximum atomic E-state index is 13.6. The van der Waals surface area contributed by atoms with Crippen LogP contribution >= 0.6 is 0 Å². The van der Waals surface area contributed by atoms with E-state index >= 15 is 0 Å². The molecule has 0 saturated heterocycles. The summed E-state index contributed by atoms with van der Waals surface area (Å²) in [5, 5.41) is 0. The van der Waals surface area contributed by atoms with E-state index in [1.807, 2.05) is 20.8 Å². The van der Waals surface area contributed by atoms with Crippen molar-refractivity contribution >= 4 is 6.21 Å². The third kappa shape index (κ3) is 2.63. The minimum atomic E-state index is -4.46. The summed E-state index contributed by atoms with van der Waals surface area (Å²) in [6, 6.07) is 0. The molecule has 2 aliphatic rings. The summed E-state index contributed by atoms with van der Waals surface area (Å²) in [5.74, 6) is 0.00999. The summed E-state index contributed by atoms with van der Waals surface area (Å²) in [6.07, 6.45) is -0.0382. The van der Waals surface area contributed by atoms with Crippen molar-refractivity contribution in [3.63, 3.8) is 0 Å². The lowest BCUT2D eigenvalue weighted by molar-refractivity contribution is -0.142. The molecule has 120 valence electrons. The monoisotopic (exact) mass is 311 g/mol. The number of halogens is 3. The smallest absolute Gasteiger partial charge is 0.290 e. The maximum absolute atomic E-state index is 13.6. The Kier molecular flexibility index (Phi) is 3.53. The van der Waals surface area contributed by atoms with Gasteiger partial charge >= 0.3 is 6.18 Å². The first-order chi connectivity index (χ1) is 10.2. The Morgan fingerprint density at radius 1 is 1.09 bits per heavy atom. The molecule has 1 aromatic heterocycles. The van der Waals surface area contributed by atoms with E-state index in [4.69, 9.17) is 0 Å². The number of fused-ring (bicyclic) bond motifs is 1. The molecule has 0 aromatic carbocycles. The molecule has 1 saturated carbocycles. The van der Waals surface area contributed by atoms with Crippen molar-refractivity contribution in [2.75, 3.05) is 0 Å². The molecule has 0 spiro atoms. The van der Waals surface area contributed by atoms with E-state index in [-0.39, 0.29) is 23.4 Å². The molecule has 0 radical (unpaired) electrons. The zero-order valence-electron chi connectivity index (χ0n) is 13.0. The van der Waals surface area contributed by atoms with Crippen molar-refractivity contribution in [1.29, 1.82) is 0 Å². The number of aliphatic imine (C=N–C) groups is 1. The molecular weight excluding hydrogens is 291 g/mol. The SMILES string of the molecule is CC(C)(C)C1C=NCc2nc(C3CCC3)nc(C(F)(F)F)c21. The van der Waals surface area contributed by atoms with Crippen LogP contribution < -0.4 is 0 Å². The molecule has 1 aromatic rings. The summed E-state index contributed by atoms with van der Waals surface area (Å²) < 4.78 is 40.7. The van der Waals surface area contributed by atoms with Crippen molar-refractivity contribution < 1.29 is 13.2 Å². The number of hydrogen-bond donors (Lipinski definition) is 0. The Hall–Kier alpha value is -1.46. The highest BCUT2D eigenvalue weighted by molar-refractivity contribution is 5.72. The molecule has 1 aliphatic carbocycles. The summed E-state index contributed by atoms with van der Waals surface area (Å²) in [6.45, 7) is 5.96. The average Bonchev–Trinajstić information content (AvgIpc) is 2.32. The number of nitrogens with zero attached hydrogens (tertiary/aromatic N) is 3. The van der Waals surface area contributed by atoms with E-state index in [0.717, 1.165) is 19.3 Å². The first-order valence-corrected chi connectivity index (χ1v) is 7.66. The zero-order valence-corrected chi connectivity index (χ0v) is 13.0. The third-order valence-electron chi connectivity index (χ3n) is 4.52. The minimum absolute atomic E-state index is 0.0744. The van der Waals surface area contributed by atoms with Crippen LogP contribution in [0.15, 0.2) is 4.99 Å². The summed E-state index contributed by atoms with van der Waals surface area (Å²) in [5.41, 5.74) is -0.449. The Morgan fingerprint density at radius 2 is 1.77 bits per heavy atom. The summed E-state index contributed by atoms with van der Waals surface area (Å²) >= 11 is 0. The molecule has 1 unspecified atom stereocenters. The molecule has 22 heavy (non-hydrogen) atoms. The van der Waals surface area contributed by atoms with Gasteiger partial charge in [-0.1, -0.05) is 27.2 Å². The quantitative estimate of drug-likeness (QED) is 0.767. The predicted octanol–water partition coefficient (Wildman–Crippen LogP) is 4.48. The van der Waals surface area contributed by atoms with Crippen molar-refractivity contribution in [3.05, 3.63) is 22.8 Å². The van der Waals surface area contributed by atoms with Gasteiger partial charge in [-0.2, -0.15) is 13.2 Å². The van der Waals surface area contributed by atoms with Gasteiger partial charge in [0.05, 0.1) is 12.2 Å². The standard InChI is InChI=1S/C16H20F3N3/c1-15(2,3)10-7-20-8-11-12(10)13(16(17,18)19)22-14(21-11)9-5-4-6-9/h7,9-10H,4-6,8H2,1-3H3. The van der Waals surface area contributed by atoms with E-state index in [2.05, 4.69) is 15.0 Å². The predicted molar refractivity (Wildman–Crippen MR) is 78.0 cm³/mol. The Labute approximate surface area is 128 Å².